The Kier molecular flexibility index (Phi) is 2.70. The van der Waals surface area contributed by atoms with Crippen LogP contribution in [0.3, 0.4) is 0 Å². The maximum Gasteiger partial charge on any atom is 0.258 e. The van der Waals surface area contributed by atoms with Crippen LogP contribution in [0.2, 0.25) is 0 Å². The van der Waals surface area contributed by atoms with Gasteiger partial charge in [-0.3, -0.25) is 9.78 Å². The molecule has 2 aromatic heterocycles. The molecule has 4 heteroatoms. The average Bonchev–Trinajstić information content (AvgIpc) is 2.50. The summed E-state index contributed by atoms with van der Waals surface area (Å²) < 4.78 is 2.00. The van der Waals surface area contributed by atoms with Crippen LogP contribution in [0.15, 0.2) is 41.5 Å². The molecule has 0 amide bonds. The van der Waals surface area contributed by atoms with Gasteiger partial charge in [-0.15, -0.1) is 0 Å². The van der Waals surface area contributed by atoms with Gasteiger partial charge in [0.2, 0.25) is 0 Å². The predicted molar refractivity (Wildman–Crippen MR) is 77.7 cm³/mol. The van der Waals surface area contributed by atoms with Crippen molar-refractivity contribution >= 4 is 0 Å². The highest BCUT2D eigenvalue weighted by molar-refractivity contribution is 5.61. The highest BCUT2D eigenvalue weighted by atomic mass is 16.1. The average molecular weight is 267 g/mol. The van der Waals surface area contributed by atoms with Gasteiger partial charge in [0.25, 0.3) is 5.56 Å². The van der Waals surface area contributed by atoms with Crippen molar-refractivity contribution in [1.29, 1.82) is 0 Å². The molecule has 0 saturated carbocycles. The number of aromatic nitrogens is 2. The summed E-state index contributed by atoms with van der Waals surface area (Å²) in [7, 11) is 0. The third-order valence-corrected chi connectivity index (χ3v) is 4.50. The van der Waals surface area contributed by atoms with Gasteiger partial charge in [0, 0.05) is 42.7 Å². The van der Waals surface area contributed by atoms with Crippen LogP contribution < -0.4 is 10.9 Å². The fourth-order valence-electron chi connectivity index (χ4n) is 3.54. The lowest BCUT2D eigenvalue weighted by molar-refractivity contribution is 0.257. The van der Waals surface area contributed by atoms with Crippen LogP contribution in [0.1, 0.15) is 18.0 Å². The minimum atomic E-state index is 0.144. The van der Waals surface area contributed by atoms with Gasteiger partial charge in [-0.1, -0.05) is 0 Å². The van der Waals surface area contributed by atoms with E-state index in [0.717, 1.165) is 30.8 Å². The molecule has 2 atom stereocenters. The lowest BCUT2D eigenvalue weighted by Crippen LogP contribution is -2.45. The summed E-state index contributed by atoms with van der Waals surface area (Å²) in [5.41, 5.74) is 3.07. The lowest BCUT2D eigenvalue weighted by Gasteiger charge is -2.37. The number of hydrogen-bond acceptors (Lipinski definition) is 3. The molecule has 4 rings (SSSR count). The third-order valence-electron chi connectivity index (χ3n) is 4.50. The molecule has 2 aliphatic rings. The lowest BCUT2D eigenvalue weighted by atomic mass is 9.84. The van der Waals surface area contributed by atoms with E-state index < -0.39 is 0 Å². The molecule has 0 radical (unpaired) electrons. The van der Waals surface area contributed by atoms with Crippen molar-refractivity contribution in [3.8, 4) is 11.1 Å². The van der Waals surface area contributed by atoms with E-state index in [1.165, 1.54) is 12.1 Å². The molecule has 2 aromatic rings. The molecule has 20 heavy (non-hydrogen) atoms. The zero-order valence-electron chi connectivity index (χ0n) is 11.2. The Labute approximate surface area is 117 Å². The van der Waals surface area contributed by atoms with Crippen molar-refractivity contribution in [2.24, 2.45) is 5.92 Å². The molecule has 2 aliphatic heterocycles. The largest absolute Gasteiger partial charge is 0.316 e. The molecule has 1 N–H and O–H groups in total. The van der Waals surface area contributed by atoms with Crippen LogP contribution in [0.5, 0.6) is 0 Å². The standard InChI is InChI=1S/C16H17N3O/c20-16-14(12-3-5-17-6-4-12)1-2-15-13-7-11(8-18-9-13)10-19(15)16/h1-6,11,13,18H,7-10H2. The van der Waals surface area contributed by atoms with E-state index in [2.05, 4.69) is 16.4 Å². The van der Waals surface area contributed by atoms with Gasteiger partial charge in [0.15, 0.2) is 0 Å². The molecule has 4 nitrogen and oxygen atoms in total. The van der Waals surface area contributed by atoms with Gasteiger partial charge >= 0.3 is 0 Å². The zero-order chi connectivity index (χ0) is 13.5. The first kappa shape index (κ1) is 11.9. The fraction of sp³-hybridized carbons (Fsp3) is 0.375. The van der Waals surface area contributed by atoms with E-state index in [9.17, 15) is 4.79 Å². The SMILES string of the molecule is O=c1c(-c2ccncc2)ccc2n1CC1CNCC2C1. The maximum atomic E-state index is 12.8. The minimum absolute atomic E-state index is 0.144. The Bertz CT molecular complexity index is 693. The monoisotopic (exact) mass is 267 g/mol. The summed E-state index contributed by atoms with van der Waals surface area (Å²) in [5.74, 6) is 1.08. The Balaban J connectivity index is 1.86. The third kappa shape index (κ3) is 1.79. The molecule has 102 valence electrons. The summed E-state index contributed by atoms with van der Waals surface area (Å²) in [6.45, 7) is 2.86. The number of nitrogens with zero attached hydrogens (tertiary/aromatic N) is 2. The molecule has 1 saturated heterocycles. The van der Waals surface area contributed by atoms with Gasteiger partial charge in [-0.05, 0) is 48.7 Å². The second kappa shape index (κ2) is 4.56. The molecular weight excluding hydrogens is 250 g/mol. The summed E-state index contributed by atoms with van der Waals surface area (Å²) in [4.78, 5) is 16.8. The van der Waals surface area contributed by atoms with Crippen molar-refractivity contribution in [2.75, 3.05) is 13.1 Å². The van der Waals surface area contributed by atoms with Gasteiger partial charge < -0.3 is 9.88 Å². The Morgan fingerprint density at radius 2 is 2.00 bits per heavy atom. The number of rotatable bonds is 1. The Morgan fingerprint density at radius 1 is 1.15 bits per heavy atom. The molecule has 0 aliphatic carbocycles. The normalized spacial score (nSPS) is 24.2. The van der Waals surface area contributed by atoms with Gasteiger partial charge in [-0.2, -0.15) is 0 Å². The smallest absolute Gasteiger partial charge is 0.258 e. The quantitative estimate of drug-likeness (QED) is 0.854. The van der Waals surface area contributed by atoms with Gasteiger partial charge in [0.1, 0.15) is 0 Å². The van der Waals surface area contributed by atoms with Crippen LogP contribution >= 0.6 is 0 Å². The van der Waals surface area contributed by atoms with Crippen LogP contribution in [0, 0.1) is 5.92 Å². The number of pyridine rings is 2. The number of piperidine rings is 1. The molecule has 0 spiro atoms. The van der Waals surface area contributed by atoms with E-state index in [0.29, 0.717) is 11.8 Å². The number of hydrogen-bond donors (Lipinski definition) is 1. The van der Waals surface area contributed by atoms with Crippen molar-refractivity contribution < 1.29 is 0 Å². The zero-order valence-corrected chi connectivity index (χ0v) is 11.2. The molecular formula is C16H17N3O. The van der Waals surface area contributed by atoms with Crippen molar-refractivity contribution in [3.05, 3.63) is 52.7 Å². The van der Waals surface area contributed by atoms with Crippen LogP contribution in [0.4, 0.5) is 0 Å². The van der Waals surface area contributed by atoms with E-state index in [-0.39, 0.29) is 5.56 Å². The van der Waals surface area contributed by atoms with E-state index >= 15 is 0 Å². The minimum Gasteiger partial charge on any atom is -0.316 e. The molecule has 2 unspecified atom stereocenters. The summed E-state index contributed by atoms with van der Waals surface area (Å²) >= 11 is 0. The fourth-order valence-corrected chi connectivity index (χ4v) is 3.54. The second-order valence-corrected chi connectivity index (χ2v) is 5.78. The molecule has 0 aromatic carbocycles. The number of nitrogens with one attached hydrogen (secondary N) is 1. The van der Waals surface area contributed by atoms with E-state index in [4.69, 9.17) is 0 Å². The maximum absolute atomic E-state index is 12.8. The molecule has 1 fully saturated rings. The van der Waals surface area contributed by atoms with Crippen molar-refractivity contribution in [1.82, 2.24) is 14.9 Å². The van der Waals surface area contributed by atoms with Gasteiger partial charge in [-0.25, -0.2) is 0 Å². The molecule has 2 bridgehead atoms. The Hall–Kier alpha value is -1.94. The highest BCUT2D eigenvalue weighted by Gasteiger charge is 2.31. The topological polar surface area (TPSA) is 46.9 Å². The Morgan fingerprint density at radius 3 is 2.85 bits per heavy atom. The first-order valence-electron chi connectivity index (χ1n) is 7.18. The summed E-state index contributed by atoms with van der Waals surface area (Å²) in [6.07, 6.45) is 4.68. The van der Waals surface area contributed by atoms with Crippen molar-refractivity contribution in [3.63, 3.8) is 0 Å². The molecule has 4 heterocycles. The van der Waals surface area contributed by atoms with Crippen molar-refractivity contribution in [2.45, 2.75) is 18.9 Å². The summed E-state index contributed by atoms with van der Waals surface area (Å²) in [6, 6.07) is 7.90. The predicted octanol–water partition coefficient (Wildman–Crippen LogP) is 1.62. The second-order valence-electron chi connectivity index (χ2n) is 5.78. The highest BCUT2D eigenvalue weighted by Crippen LogP contribution is 2.32. The number of fused-ring (bicyclic) bond motifs is 4. The van der Waals surface area contributed by atoms with E-state index in [1.807, 2.05) is 22.8 Å². The first-order chi connectivity index (χ1) is 9.83. The van der Waals surface area contributed by atoms with Crippen LogP contribution in [-0.4, -0.2) is 22.6 Å². The van der Waals surface area contributed by atoms with E-state index in [1.54, 1.807) is 12.4 Å². The summed E-state index contributed by atoms with van der Waals surface area (Å²) in [5, 5.41) is 3.47. The van der Waals surface area contributed by atoms with Crippen LogP contribution in [-0.2, 0) is 6.54 Å². The first-order valence-corrected chi connectivity index (χ1v) is 7.18. The van der Waals surface area contributed by atoms with Crippen LogP contribution in [0.25, 0.3) is 11.1 Å². The van der Waals surface area contributed by atoms with Gasteiger partial charge in [0.05, 0.1) is 0 Å².